The molecule has 1 heteroatoms. The summed E-state index contributed by atoms with van der Waals surface area (Å²) < 4.78 is 0. The molecule has 2 aliphatic rings. The minimum atomic E-state index is 1.12. The van der Waals surface area contributed by atoms with E-state index >= 15 is 0 Å². The van der Waals surface area contributed by atoms with E-state index in [4.69, 9.17) is 0 Å². The van der Waals surface area contributed by atoms with Crippen LogP contribution in [0, 0.1) is 0 Å². The van der Waals surface area contributed by atoms with Gasteiger partial charge in [0.15, 0.2) is 0 Å². The fourth-order valence-corrected chi connectivity index (χ4v) is 2.61. The van der Waals surface area contributed by atoms with Crippen LogP contribution in [-0.2, 0) is 0 Å². The molecule has 0 aromatic carbocycles. The Hall–Kier alpha value is 0.0900. The number of rotatable bonds is 0. The van der Waals surface area contributed by atoms with Crippen molar-refractivity contribution in [1.82, 2.24) is 0 Å². The standard InChI is InChI=1S/C6H10S.C2H4/c1-2-4-6-5(3-1)7-6;1-2/h5-6H,1-4H2;1-2H2. The van der Waals surface area contributed by atoms with Crippen LogP contribution in [-0.4, -0.2) is 10.5 Å². The highest BCUT2D eigenvalue weighted by Crippen LogP contribution is 2.50. The molecule has 0 bridgehead atoms. The highest BCUT2D eigenvalue weighted by atomic mass is 32.2. The largest absolute Gasteiger partial charge is 0.153 e. The Balaban J connectivity index is 0.000000186. The minimum Gasteiger partial charge on any atom is -0.153 e. The first kappa shape index (κ1) is 7.20. The lowest BCUT2D eigenvalue weighted by Crippen LogP contribution is -2.00. The summed E-state index contributed by atoms with van der Waals surface area (Å²) in [4.78, 5) is 0. The lowest BCUT2D eigenvalue weighted by Gasteiger charge is -2.02. The van der Waals surface area contributed by atoms with Crippen LogP contribution in [0.4, 0.5) is 0 Å². The number of thioether (sulfide) groups is 1. The Morgan fingerprint density at radius 2 is 1.44 bits per heavy atom. The Morgan fingerprint density at radius 3 is 1.78 bits per heavy atom. The van der Waals surface area contributed by atoms with Gasteiger partial charge in [-0.2, -0.15) is 11.8 Å². The van der Waals surface area contributed by atoms with Gasteiger partial charge in [0.1, 0.15) is 0 Å². The molecule has 2 atom stereocenters. The molecule has 0 aromatic heterocycles. The molecule has 1 aliphatic heterocycles. The molecule has 0 nitrogen and oxygen atoms in total. The average Bonchev–Trinajstić information content (AvgIpc) is 2.69. The molecule has 0 N–H and O–H groups in total. The van der Waals surface area contributed by atoms with Crippen molar-refractivity contribution in [3.63, 3.8) is 0 Å². The van der Waals surface area contributed by atoms with Crippen molar-refractivity contribution in [2.75, 3.05) is 0 Å². The molecule has 52 valence electrons. The first-order valence-electron chi connectivity index (χ1n) is 3.62. The van der Waals surface area contributed by atoms with Gasteiger partial charge < -0.3 is 0 Å². The zero-order valence-electron chi connectivity index (χ0n) is 5.81. The molecule has 1 heterocycles. The average molecular weight is 142 g/mol. The van der Waals surface area contributed by atoms with Crippen molar-refractivity contribution in [2.24, 2.45) is 0 Å². The summed E-state index contributed by atoms with van der Waals surface area (Å²) in [6.45, 7) is 6.00. The number of hydrogen-bond acceptors (Lipinski definition) is 1. The smallest absolute Gasteiger partial charge is 0.0169 e. The molecule has 0 radical (unpaired) electrons. The SMILES string of the molecule is C1CCC2SC2C1.C=C. The van der Waals surface area contributed by atoms with Gasteiger partial charge in [-0.1, -0.05) is 12.8 Å². The van der Waals surface area contributed by atoms with Crippen molar-refractivity contribution in [2.45, 2.75) is 36.2 Å². The minimum absolute atomic E-state index is 1.12. The quantitative estimate of drug-likeness (QED) is 0.370. The van der Waals surface area contributed by atoms with E-state index in [0.29, 0.717) is 0 Å². The van der Waals surface area contributed by atoms with Crippen LogP contribution in [0.15, 0.2) is 13.2 Å². The van der Waals surface area contributed by atoms with Crippen LogP contribution in [0.2, 0.25) is 0 Å². The normalized spacial score (nSPS) is 37.8. The van der Waals surface area contributed by atoms with Gasteiger partial charge in [-0.3, -0.25) is 0 Å². The van der Waals surface area contributed by atoms with Gasteiger partial charge in [-0.15, -0.1) is 13.2 Å². The zero-order valence-corrected chi connectivity index (χ0v) is 6.62. The summed E-state index contributed by atoms with van der Waals surface area (Å²) in [6, 6.07) is 0. The maximum absolute atomic E-state index is 3.00. The molecule has 2 rings (SSSR count). The van der Waals surface area contributed by atoms with Gasteiger partial charge in [-0.05, 0) is 12.8 Å². The number of fused-ring (bicyclic) bond motifs is 1. The molecular weight excluding hydrogens is 128 g/mol. The summed E-state index contributed by atoms with van der Waals surface area (Å²) in [7, 11) is 0. The third kappa shape index (κ3) is 1.75. The van der Waals surface area contributed by atoms with Crippen molar-refractivity contribution in [3.8, 4) is 0 Å². The van der Waals surface area contributed by atoms with E-state index in [-0.39, 0.29) is 0 Å². The van der Waals surface area contributed by atoms with Crippen molar-refractivity contribution in [1.29, 1.82) is 0 Å². The first-order chi connectivity index (χ1) is 4.47. The maximum Gasteiger partial charge on any atom is 0.0169 e. The van der Waals surface area contributed by atoms with E-state index in [1.165, 1.54) is 25.7 Å². The van der Waals surface area contributed by atoms with E-state index in [2.05, 4.69) is 24.9 Å². The van der Waals surface area contributed by atoms with E-state index in [1.54, 1.807) is 0 Å². The second-order valence-corrected chi connectivity index (χ2v) is 3.98. The highest BCUT2D eigenvalue weighted by Gasteiger charge is 2.39. The van der Waals surface area contributed by atoms with Crippen LogP contribution < -0.4 is 0 Å². The van der Waals surface area contributed by atoms with E-state index in [9.17, 15) is 0 Å². The summed E-state index contributed by atoms with van der Waals surface area (Å²) in [6.07, 6.45) is 6.06. The van der Waals surface area contributed by atoms with Crippen molar-refractivity contribution < 1.29 is 0 Å². The van der Waals surface area contributed by atoms with Gasteiger partial charge >= 0.3 is 0 Å². The van der Waals surface area contributed by atoms with E-state index in [0.717, 1.165) is 10.5 Å². The van der Waals surface area contributed by atoms with E-state index in [1.807, 2.05) is 0 Å². The summed E-state index contributed by atoms with van der Waals surface area (Å²) in [5.41, 5.74) is 0. The fourth-order valence-electron chi connectivity index (χ4n) is 1.38. The Bertz CT molecular complexity index is 80.6. The van der Waals surface area contributed by atoms with Gasteiger partial charge in [0.05, 0.1) is 0 Å². The van der Waals surface area contributed by atoms with Crippen molar-refractivity contribution >= 4 is 11.8 Å². The second kappa shape index (κ2) is 3.31. The van der Waals surface area contributed by atoms with E-state index < -0.39 is 0 Å². The molecular formula is C8H14S. The first-order valence-corrected chi connectivity index (χ1v) is 4.56. The molecule has 1 saturated carbocycles. The molecule has 9 heavy (non-hydrogen) atoms. The zero-order chi connectivity index (χ0) is 6.69. The molecule has 0 aromatic rings. The molecule has 2 fully saturated rings. The molecule has 1 aliphatic carbocycles. The van der Waals surface area contributed by atoms with Crippen LogP contribution in [0.3, 0.4) is 0 Å². The van der Waals surface area contributed by atoms with Gasteiger partial charge in [-0.25, -0.2) is 0 Å². The van der Waals surface area contributed by atoms with Crippen LogP contribution in [0.25, 0.3) is 0 Å². The Labute approximate surface area is 61.7 Å². The summed E-state index contributed by atoms with van der Waals surface area (Å²) >= 11 is 2.20. The number of hydrogen-bond donors (Lipinski definition) is 0. The lowest BCUT2D eigenvalue weighted by molar-refractivity contribution is 0.571. The van der Waals surface area contributed by atoms with Crippen molar-refractivity contribution in [3.05, 3.63) is 13.2 Å². The molecule has 2 unspecified atom stereocenters. The topological polar surface area (TPSA) is 0 Å². The predicted octanol–water partition coefficient (Wildman–Crippen LogP) is 2.85. The van der Waals surface area contributed by atoms with Crippen LogP contribution >= 0.6 is 11.8 Å². The van der Waals surface area contributed by atoms with Gasteiger partial charge in [0.2, 0.25) is 0 Å². The monoisotopic (exact) mass is 142 g/mol. The molecule has 1 saturated heterocycles. The summed E-state index contributed by atoms with van der Waals surface area (Å²) in [5, 5.41) is 2.24. The Morgan fingerprint density at radius 1 is 1.00 bits per heavy atom. The maximum atomic E-state index is 3.00. The Kier molecular flexibility index (Phi) is 2.65. The fraction of sp³-hybridized carbons (Fsp3) is 0.750. The highest BCUT2D eigenvalue weighted by molar-refractivity contribution is 8.07. The van der Waals surface area contributed by atoms with Gasteiger partial charge in [0, 0.05) is 10.5 Å². The van der Waals surface area contributed by atoms with Gasteiger partial charge in [0.25, 0.3) is 0 Å². The predicted molar refractivity (Wildman–Crippen MR) is 44.9 cm³/mol. The second-order valence-electron chi connectivity index (χ2n) is 2.50. The van der Waals surface area contributed by atoms with Crippen LogP contribution in [0.1, 0.15) is 25.7 Å². The summed E-state index contributed by atoms with van der Waals surface area (Å²) in [5.74, 6) is 0. The molecule has 0 amide bonds. The third-order valence-corrected chi connectivity index (χ3v) is 3.43. The molecule has 0 spiro atoms. The third-order valence-electron chi connectivity index (χ3n) is 1.91. The lowest BCUT2D eigenvalue weighted by atomic mass is 10.0. The van der Waals surface area contributed by atoms with Crippen LogP contribution in [0.5, 0.6) is 0 Å².